The van der Waals surface area contributed by atoms with Crippen molar-refractivity contribution in [1.29, 1.82) is 0 Å². The number of hydrogen-bond acceptors (Lipinski definition) is 1. The SMILES string of the molecule is COc1ccc(C(N)=[NH+]CC[NH+]2CCCC2)cc1.[Cl-].[Cl-]. The number of nitrogens with two attached hydrogens (primary N) is 1. The smallest absolute Gasteiger partial charge is 0.273 e. The third-order valence-electron chi connectivity index (χ3n) is 3.51. The number of ether oxygens (including phenoxy) is 1. The number of amidine groups is 1. The van der Waals surface area contributed by atoms with Gasteiger partial charge in [0.25, 0.3) is 5.84 Å². The van der Waals surface area contributed by atoms with E-state index in [9.17, 15) is 0 Å². The normalized spacial score (nSPS) is 15.3. The fraction of sp³-hybridized carbons (Fsp3) is 0.500. The molecule has 1 saturated heterocycles. The largest absolute Gasteiger partial charge is 1.00 e. The van der Waals surface area contributed by atoms with Gasteiger partial charge in [0.05, 0.1) is 25.8 Å². The van der Waals surface area contributed by atoms with Crippen molar-refractivity contribution in [3.05, 3.63) is 29.8 Å². The van der Waals surface area contributed by atoms with E-state index in [-0.39, 0.29) is 24.8 Å². The Hall–Kier alpha value is -0.970. The van der Waals surface area contributed by atoms with E-state index in [1.165, 1.54) is 25.9 Å². The molecule has 0 radical (unpaired) electrons. The molecule has 6 heteroatoms. The molecule has 0 aliphatic carbocycles. The molecule has 2 rings (SSSR count). The molecule has 1 aromatic carbocycles. The first-order valence-electron chi connectivity index (χ1n) is 6.64. The average molecular weight is 320 g/mol. The highest BCUT2D eigenvalue weighted by molar-refractivity contribution is 5.92. The Labute approximate surface area is 133 Å². The maximum atomic E-state index is 6.03. The number of halogens is 2. The first-order chi connectivity index (χ1) is 8.79. The molecule has 0 amide bonds. The number of benzene rings is 1. The van der Waals surface area contributed by atoms with E-state index in [1.807, 2.05) is 24.3 Å². The molecule has 4 N–H and O–H groups in total. The fourth-order valence-corrected chi connectivity index (χ4v) is 2.37. The summed E-state index contributed by atoms with van der Waals surface area (Å²) in [5, 5.41) is 0. The van der Waals surface area contributed by atoms with Crippen molar-refractivity contribution >= 4 is 5.84 Å². The summed E-state index contributed by atoms with van der Waals surface area (Å²) in [5.74, 6) is 1.60. The molecule has 1 aromatic rings. The molecule has 1 aliphatic rings. The lowest BCUT2D eigenvalue weighted by atomic mass is 10.2. The minimum absolute atomic E-state index is 0. The van der Waals surface area contributed by atoms with Gasteiger partial charge in [0.15, 0.2) is 0 Å². The van der Waals surface area contributed by atoms with Crippen LogP contribution in [0.2, 0.25) is 0 Å². The molecule has 0 spiro atoms. The molecule has 1 heterocycles. The van der Waals surface area contributed by atoms with Crippen molar-refractivity contribution in [3.8, 4) is 5.75 Å². The molecule has 0 bridgehead atoms. The number of nitrogen functional groups attached to an aromatic ring is 1. The Balaban J connectivity index is 0.00000180. The van der Waals surface area contributed by atoms with Gasteiger partial charge in [-0.25, -0.2) is 0 Å². The summed E-state index contributed by atoms with van der Waals surface area (Å²) in [4.78, 5) is 4.98. The Bertz CT molecular complexity index is 403. The van der Waals surface area contributed by atoms with Gasteiger partial charge in [-0.2, -0.15) is 0 Å². The second-order valence-corrected chi connectivity index (χ2v) is 4.78. The lowest BCUT2D eigenvalue weighted by Gasteiger charge is -2.08. The van der Waals surface area contributed by atoms with Gasteiger partial charge < -0.3 is 34.5 Å². The zero-order valence-corrected chi connectivity index (χ0v) is 13.3. The number of methoxy groups -OCH3 is 1. The van der Waals surface area contributed by atoms with Crippen LogP contribution in [-0.4, -0.2) is 39.1 Å². The van der Waals surface area contributed by atoms with Crippen molar-refractivity contribution in [1.82, 2.24) is 0 Å². The van der Waals surface area contributed by atoms with E-state index in [2.05, 4.69) is 4.99 Å². The number of hydrogen-bond donors (Lipinski definition) is 3. The van der Waals surface area contributed by atoms with Crippen LogP contribution in [0.25, 0.3) is 0 Å². The van der Waals surface area contributed by atoms with Gasteiger partial charge in [-0.05, 0) is 24.3 Å². The summed E-state index contributed by atoms with van der Waals surface area (Å²) >= 11 is 0. The molecule has 1 fully saturated rings. The first kappa shape index (κ1) is 19.0. The summed E-state index contributed by atoms with van der Waals surface area (Å²) in [6.45, 7) is 4.71. The quantitative estimate of drug-likeness (QED) is 0.373. The lowest BCUT2D eigenvalue weighted by Crippen LogP contribution is -3.12. The Morgan fingerprint density at radius 2 is 1.80 bits per heavy atom. The Morgan fingerprint density at radius 3 is 2.35 bits per heavy atom. The summed E-state index contributed by atoms with van der Waals surface area (Å²) in [5.41, 5.74) is 7.05. The van der Waals surface area contributed by atoms with Gasteiger partial charge in [-0.3, -0.25) is 10.7 Å². The summed E-state index contributed by atoms with van der Waals surface area (Å²) in [7, 11) is 1.67. The highest BCUT2D eigenvalue weighted by atomic mass is 35.5. The molecule has 114 valence electrons. The highest BCUT2D eigenvalue weighted by Gasteiger charge is 2.14. The maximum Gasteiger partial charge on any atom is 0.273 e. The van der Waals surface area contributed by atoms with Crippen molar-refractivity contribution in [2.45, 2.75) is 12.8 Å². The third kappa shape index (κ3) is 5.57. The predicted molar refractivity (Wildman–Crippen MR) is 71.9 cm³/mol. The van der Waals surface area contributed by atoms with Gasteiger partial charge in [-0.15, -0.1) is 0 Å². The molecule has 0 aromatic heterocycles. The number of nitrogens with one attached hydrogen (secondary N) is 2. The minimum Gasteiger partial charge on any atom is -1.00 e. The van der Waals surface area contributed by atoms with Gasteiger partial charge >= 0.3 is 0 Å². The highest BCUT2D eigenvalue weighted by Crippen LogP contribution is 2.09. The lowest BCUT2D eigenvalue weighted by molar-refractivity contribution is -0.894. The minimum atomic E-state index is 0. The standard InChI is InChI=1S/C14H21N3O.2ClH/c1-18-13-6-4-12(5-7-13)14(15)16-8-11-17-9-2-3-10-17;;/h4-7H,2-3,8-11H2,1H3,(H2,15,16);2*1H. The van der Waals surface area contributed by atoms with Crippen LogP contribution >= 0.6 is 0 Å². The van der Waals surface area contributed by atoms with Crippen molar-refractivity contribution in [3.63, 3.8) is 0 Å². The summed E-state index contributed by atoms with van der Waals surface area (Å²) < 4.78 is 5.12. The van der Waals surface area contributed by atoms with Crippen LogP contribution in [0.15, 0.2) is 24.3 Å². The van der Waals surface area contributed by atoms with Gasteiger partial charge in [0.2, 0.25) is 0 Å². The maximum absolute atomic E-state index is 6.03. The van der Waals surface area contributed by atoms with E-state index in [1.54, 1.807) is 12.0 Å². The topological polar surface area (TPSA) is 53.7 Å². The average Bonchev–Trinajstić information content (AvgIpc) is 2.92. The zero-order chi connectivity index (χ0) is 12.8. The molecule has 0 unspecified atom stereocenters. The Kier molecular flexibility index (Phi) is 9.38. The molecular weight excluding hydrogens is 297 g/mol. The Morgan fingerprint density at radius 1 is 1.20 bits per heavy atom. The molecule has 4 nitrogen and oxygen atoms in total. The fourth-order valence-electron chi connectivity index (χ4n) is 2.37. The third-order valence-corrected chi connectivity index (χ3v) is 3.51. The van der Waals surface area contributed by atoms with E-state index in [0.717, 1.165) is 30.2 Å². The van der Waals surface area contributed by atoms with Crippen LogP contribution < -0.4 is 45.2 Å². The van der Waals surface area contributed by atoms with Crippen molar-refractivity contribution in [2.75, 3.05) is 33.3 Å². The second kappa shape index (κ2) is 9.86. The summed E-state index contributed by atoms with van der Waals surface area (Å²) in [6, 6.07) is 7.80. The van der Waals surface area contributed by atoms with Crippen LogP contribution in [0.5, 0.6) is 5.75 Å². The van der Waals surface area contributed by atoms with Crippen LogP contribution in [-0.2, 0) is 0 Å². The molecule has 0 atom stereocenters. The molecule has 20 heavy (non-hydrogen) atoms. The predicted octanol–water partition coefficient (Wildman–Crippen LogP) is -7.83. The number of quaternary nitrogens is 1. The number of rotatable bonds is 5. The van der Waals surface area contributed by atoms with Crippen LogP contribution in [0.3, 0.4) is 0 Å². The van der Waals surface area contributed by atoms with Crippen LogP contribution in [0, 0.1) is 0 Å². The molecule has 1 aliphatic heterocycles. The second-order valence-electron chi connectivity index (χ2n) is 4.78. The van der Waals surface area contributed by atoms with Crippen molar-refractivity contribution < 1.29 is 39.4 Å². The van der Waals surface area contributed by atoms with E-state index in [4.69, 9.17) is 10.5 Å². The van der Waals surface area contributed by atoms with E-state index >= 15 is 0 Å². The van der Waals surface area contributed by atoms with Crippen LogP contribution in [0.4, 0.5) is 0 Å². The van der Waals surface area contributed by atoms with E-state index in [0.29, 0.717) is 0 Å². The molecular formula is C14H23Cl2N3O. The summed E-state index contributed by atoms with van der Waals surface area (Å²) in [6.07, 6.45) is 2.74. The number of likely N-dealkylation sites (tertiary alicyclic amines) is 1. The van der Waals surface area contributed by atoms with Gasteiger partial charge in [0.1, 0.15) is 18.8 Å². The zero-order valence-electron chi connectivity index (χ0n) is 11.8. The van der Waals surface area contributed by atoms with Gasteiger partial charge in [0, 0.05) is 12.8 Å². The van der Waals surface area contributed by atoms with E-state index < -0.39 is 0 Å². The van der Waals surface area contributed by atoms with Crippen LogP contribution in [0.1, 0.15) is 18.4 Å². The van der Waals surface area contributed by atoms with Gasteiger partial charge in [-0.1, -0.05) is 0 Å². The molecule has 0 saturated carbocycles. The van der Waals surface area contributed by atoms with Crippen molar-refractivity contribution in [2.24, 2.45) is 5.73 Å². The first-order valence-corrected chi connectivity index (χ1v) is 6.64. The monoisotopic (exact) mass is 319 g/mol.